The molecule has 4 rings (SSSR count). The van der Waals surface area contributed by atoms with Gasteiger partial charge in [0.15, 0.2) is 0 Å². The number of amides is 3. The van der Waals surface area contributed by atoms with E-state index in [0.29, 0.717) is 23.5 Å². The maximum absolute atomic E-state index is 13.0. The summed E-state index contributed by atoms with van der Waals surface area (Å²) in [5, 5.41) is 2.39. The molecule has 0 aliphatic carbocycles. The van der Waals surface area contributed by atoms with Crippen molar-refractivity contribution in [3.8, 4) is 5.75 Å². The molecule has 6 nitrogen and oxygen atoms in total. The van der Waals surface area contributed by atoms with Crippen LogP contribution < -0.4 is 15.0 Å². The Kier molecular flexibility index (Phi) is 7.87. The van der Waals surface area contributed by atoms with Crippen LogP contribution in [-0.2, 0) is 9.59 Å². The Morgan fingerprint density at radius 3 is 2.49 bits per heavy atom. The first kappa shape index (κ1) is 24.5. The molecule has 1 atom stereocenters. The van der Waals surface area contributed by atoms with Crippen molar-refractivity contribution in [2.45, 2.75) is 43.3 Å². The smallest absolute Gasteiger partial charge is 0.255 e. The van der Waals surface area contributed by atoms with Crippen LogP contribution in [0.25, 0.3) is 0 Å². The molecule has 3 amide bonds. The summed E-state index contributed by atoms with van der Waals surface area (Å²) in [4.78, 5) is 40.2. The van der Waals surface area contributed by atoms with Gasteiger partial charge in [0.05, 0.1) is 17.5 Å². The normalized spacial score (nSPS) is 15.4. The topological polar surface area (TPSA) is 75.7 Å². The Morgan fingerprint density at radius 2 is 1.80 bits per heavy atom. The summed E-state index contributed by atoms with van der Waals surface area (Å²) in [7, 11) is 0. The molecule has 3 aromatic carbocycles. The summed E-state index contributed by atoms with van der Waals surface area (Å²) in [5.74, 6) is 0.107. The molecule has 7 heteroatoms. The molecule has 35 heavy (non-hydrogen) atoms. The maximum atomic E-state index is 13.0. The molecule has 180 valence electrons. The van der Waals surface area contributed by atoms with Gasteiger partial charge in [0, 0.05) is 22.6 Å². The van der Waals surface area contributed by atoms with E-state index < -0.39 is 5.25 Å². The average Bonchev–Trinajstić information content (AvgIpc) is 3.13. The van der Waals surface area contributed by atoms with E-state index in [9.17, 15) is 14.4 Å². The fourth-order valence-electron chi connectivity index (χ4n) is 3.76. The Balaban J connectivity index is 1.36. The molecule has 0 saturated carbocycles. The van der Waals surface area contributed by atoms with Gasteiger partial charge in [0.25, 0.3) is 5.91 Å². The van der Waals surface area contributed by atoms with Crippen molar-refractivity contribution in [3.05, 3.63) is 83.9 Å². The number of rotatable bonds is 9. The van der Waals surface area contributed by atoms with Crippen molar-refractivity contribution in [1.82, 2.24) is 0 Å². The third kappa shape index (κ3) is 6.11. The molecule has 1 N–H and O–H groups in total. The second-order valence-electron chi connectivity index (χ2n) is 8.42. The molecule has 1 heterocycles. The molecule has 1 fully saturated rings. The van der Waals surface area contributed by atoms with E-state index in [1.807, 2.05) is 37.3 Å². The van der Waals surface area contributed by atoms with E-state index in [-0.39, 0.29) is 24.1 Å². The van der Waals surface area contributed by atoms with Gasteiger partial charge >= 0.3 is 0 Å². The highest BCUT2D eigenvalue weighted by molar-refractivity contribution is 8.00. The quantitative estimate of drug-likeness (QED) is 0.302. The second-order valence-corrected chi connectivity index (χ2v) is 9.70. The minimum absolute atomic E-state index is 0.143. The van der Waals surface area contributed by atoms with E-state index in [0.717, 1.165) is 29.1 Å². The van der Waals surface area contributed by atoms with Gasteiger partial charge < -0.3 is 10.1 Å². The minimum Gasteiger partial charge on any atom is -0.494 e. The molecule has 1 aliphatic heterocycles. The fraction of sp³-hybridized carbons (Fsp3) is 0.250. The number of imide groups is 1. The molecule has 0 aromatic heterocycles. The third-order valence-electron chi connectivity index (χ3n) is 5.64. The predicted octanol–water partition coefficient (Wildman–Crippen LogP) is 5.85. The number of hydrogen-bond acceptors (Lipinski definition) is 5. The average molecular weight is 489 g/mol. The van der Waals surface area contributed by atoms with E-state index >= 15 is 0 Å². The van der Waals surface area contributed by atoms with Crippen molar-refractivity contribution >= 4 is 40.9 Å². The molecule has 0 bridgehead atoms. The minimum atomic E-state index is -0.490. The summed E-state index contributed by atoms with van der Waals surface area (Å²) >= 11 is 1.35. The van der Waals surface area contributed by atoms with Crippen molar-refractivity contribution in [2.75, 3.05) is 16.8 Å². The zero-order valence-corrected chi connectivity index (χ0v) is 20.6. The molecule has 0 spiro atoms. The first-order chi connectivity index (χ1) is 16.9. The van der Waals surface area contributed by atoms with Gasteiger partial charge in [-0.1, -0.05) is 31.0 Å². The number of carbonyl (C=O) groups is 3. The van der Waals surface area contributed by atoms with Gasteiger partial charge in [0.2, 0.25) is 11.8 Å². The third-order valence-corrected chi connectivity index (χ3v) is 6.83. The first-order valence-corrected chi connectivity index (χ1v) is 12.6. The number of thioether (sulfide) groups is 1. The summed E-state index contributed by atoms with van der Waals surface area (Å²) in [5.41, 5.74) is 2.84. The highest BCUT2D eigenvalue weighted by Crippen LogP contribution is 2.35. The molecule has 0 radical (unpaired) electrons. The van der Waals surface area contributed by atoms with Gasteiger partial charge in [-0.15, -0.1) is 11.8 Å². The molecular formula is C28H28N2O4S. The Bertz CT molecular complexity index is 1210. The van der Waals surface area contributed by atoms with Crippen molar-refractivity contribution in [2.24, 2.45) is 0 Å². The number of ether oxygens (including phenoxy) is 1. The number of hydrogen-bond donors (Lipinski definition) is 1. The number of nitrogens with one attached hydrogen (secondary N) is 1. The fourth-order valence-corrected chi connectivity index (χ4v) is 4.82. The van der Waals surface area contributed by atoms with Crippen LogP contribution in [0.15, 0.2) is 77.7 Å². The lowest BCUT2D eigenvalue weighted by atomic mass is 10.1. The zero-order chi connectivity index (χ0) is 24.8. The summed E-state index contributed by atoms with van der Waals surface area (Å²) in [6, 6.07) is 21.8. The van der Waals surface area contributed by atoms with Crippen LogP contribution in [0.3, 0.4) is 0 Å². The predicted molar refractivity (Wildman–Crippen MR) is 139 cm³/mol. The van der Waals surface area contributed by atoms with Crippen molar-refractivity contribution < 1.29 is 19.1 Å². The second kappa shape index (κ2) is 11.2. The zero-order valence-electron chi connectivity index (χ0n) is 19.8. The highest BCUT2D eigenvalue weighted by Gasteiger charge is 2.40. The van der Waals surface area contributed by atoms with Crippen molar-refractivity contribution in [1.29, 1.82) is 0 Å². The lowest BCUT2D eigenvalue weighted by Crippen LogP contribution is -2.31. The Morgan fingerprint density at radius 1 is 1.06 bits per heavy atom. The lowest BCUT2D eigenvalue weighted by molar-refractivity contribution is -0.121. The largest absolute Gasteiger partial charge is 0.494 e. The van der Waals surface area contributed by atoms with E-state index in [2.05, 4.69) is 12.2 Å². The number of aryl methyl sites for hydroxylation is 1. The van der Waals surface area contributed by atoms with Gasteiger partial charge in [-0.2, -0.15) is 0 Å². The standard InChI is InChI=1S/C28H28N2O4S/c1-3-4-16-34-23-12-10-22(11-13-23)30-26(31)18-25(28(30)33)35-24-14-8-21(9-15-24)29-27(32)20-7-5-6-19(2)17-20/h5-15,17,25H,3-4,16,18H2,1-2H3,(H,29,32). The van der Waals surface area contributed by atoms with Crippen LogP contribution in [-0.4, -0.2) is 29.6 Å². The number of carbonyl (C=O) groups excluding carboxylic acids is 3. The molecule has 3 aromatic rings. The highest BCUT2D eigenvalue weighted by atomic mass is 32.2. The molecule has 1 saturated heterocycles. The SMILES string of the molecule is CCCCOc1ccc(N2C(=O)CC(Sc3ccc(NC(=O)c4cccc(C)c4)cc3)C2=O)cc1. The van der Waals surface area contributed by atoms with Gasteiger partial charge in [-0.3, -0.25) is 14.4 Å². The maximum Gasteiger partial charge on any atom is 0.255 e. The van der Waals surface area contributed by atoms with Crippen molar-refractivity contribution in [3.63, 3.8) is 0 Å². The number of anilines is 2. The molecular weight excluding hydrogens is 460 g/mol. The van der Waals surface area contributed by atoms with Crippen LogP contribution >= 0.6 is 11.8 Å². The molecule has 1 aliphatic rings. The number of benzene rings is 3. The van der Waals surface area contributed by atoms with E-state index in [1.54, 1.807) is 42.5 Å². The summed E-state index contributed by atoms with van der Waals surface area (Å²) < 4.78 is 5.66. The van der Waals surface area contributed by atoms with Crippen LogP contribution in [0, 0.1) is 6.92 Å². The van der Waals surface area contributed by atoms with Gasteiger partial charge in [-0.25, -0.2) is 4.90 Å². The summed E-state index contributed by atoms with van der Waals surface area (Å²) in [6.07, 6.45) is 2.17. The van der Waals surface area contributed by atoms with Crippen LogP contribution in [0.5, 0.6) is 5.75 Å². The number of unbranched alkanes of at least 4 members (excludes halogenated alkanes) is 1. The number of nitrogens with zero attached hydrogens (tertiary/aromatic N) is 1. The van der Waals surface area contributed by atoms with E-state index in [1.165, 1.54) is 16.7 Å². The first-order valence-electron chi connectivity index (χ1n) is 11.7. The molecule has 1 unspecified atom stereocenters. The van der Waals surface area contributed by atoms with Gasteiger partial charge in [-0.05, 0) is 74.0 Å². The van der Waals surface area contributed by atoms with Crippen LogP contribution in [0.4, 0.5) is 11.4 Å². The monoisotopic (exact) mass is 488 g/mol. The Labute approximate surface area is 209 Å². The summed E-state index contributed by atoms with van der Waals surface area (Å²) in [6.45, 7) is 4.69. The van der Waals surface area contributed by atoms with E-state index in [4.69, 9.17) is 4.74 Å². The van der Waals surface area contributed by atoms with Crippen LogP contribution in [0.1, 0.15) is 42.1 Å². The van der Waals surface area contributed by atoms with Gasteiger partial charge in [0.1, 0.15) is 5.75 Å². The van der Waals surface area contributed by atoms with Crippen LogP contribution in [0.2, 0.25) is 0 Å². The lowest BCUT2D eigenvalue weighted by Gasteiger charge is -2.16. The Hall–Kier alpha value is -3.58.